The Morgan fingerprint density at radius 1 is 1.44 bits per heavy atom. The third-order valence-electron chi connectivity index (χ3n) is 4.45. The molecule has 2 rings (SSSR count). The van der Waals surface area contributed by atoms with Gasteiger partial charge >= 0.3 is 0 Å². The largest absolute Gasteiger partial charge is 0.353 e. The minimum atomic E-state index is -0.242. The van der Waals surface area contributed by atoms with E-state index in [-0.39, 0.29) is 24.4 Å². The van der Waals surface area contributed by atoms with Crippen molar-refractivity contribution in [1.82, 2.24) is 15.5 Å². The van der Waals surface area contributed by atoms with Gasteiger partial charge in [-0.05, 0) is 18.3 Å². The number of hydrogen-bond donors (Lipinski definition) is 2. The maximum absolute atomic E-state index is 12.3. The number of amides is 2. The van der Waals surface area contributed by atoms with Crippen molar-refractivity contribution in [3.05, 3.63) is 0 Å². The van der Waals surface area contributed by atoms with Crippen molar-refractivity contribution < 1.29 is 9.59 Å². The Labute approximate surface area is 108 Å². The van der Waals surface area contributed by atoms with Crippen LogP contribution in [0.4, 0.5) is 0 Å². The van der Waals surface area contributed by atoms with Gasteiger partial charge in [0, 0.05) is 19.6 Å². The first-order valence-corrected chi connectivity index (χ1v) is 6.83. The van der Waals surface area contributed by atoms with Gasteiger partial charge in [-0.3, -0.25) is 14.9 Å². The lowest BCUT2D eigenvalue weighted by Gasteiger charge is -2.40. The van der Waals surface area contributed by atoms with Gasteiger partial charge in [0.15, 0.2) is 0 Å². The summed E-state index contributed by atoms with van der Waals surface area (Å²) in [5, 5.41) is 5.73. The van der Waals surface area contributed by atoms with Gasteiger partial charge in [-0.2, -0.15) is 0 Å². The molecule has 2 saturated heterocycles. The lowest BCUT2D eigenvalue weighted by molar-refractivity contribution is -0.136. The normalized spacial score (nSPS) is 27.8. The van der Waals surface area contributed by atoms with Crippen LogP contribution in [-0.4, -0.2) is 48.9 Å². The molecule has 5 heteroatoms. The highest BCUT2D eigenvalue weighted by Gasteiger charge is 2.33. The third-order valence-corrected chi connectivity index (χ3v) is 4.45. The Morgan fingerprint density at radius 2 is 2.11 bits per heavy atom. The molecule has 2 aliphatic heterocycles. The van der Waals surface area contributed by atoms with Gasteiger partial charge in [0.2, 0.25) is 11.8 Å². The van der Waals surface area contributed by atoms with Gasteiger partial charge in [0.25, 0.3) is 0 Å². The predicted octanol–water partition coefficient (Wildman–Crippen LogP) is 0.113. The van der Waals surface area contributed by atoms with E-state index < -0.39 is 0 Å². The first-order chi connectivity index (χ1) is 8.54. The first kappa shape index (κ1) is 13.3. The van der Waals surface area contributed by atoms with E-state index in [2.05, 4.69) is 24.5 Å². The fourth-order valence-corrected chi connectivity index (χ4v) is 2.58. The Bertz CT molecular complexity index is 325. The van der Waals surface area contributed by atoms with E-state index in [0.29, 0.717) is 12.0 Å². The van der Waals surface area contributed by atoms with Crippen LogP contribution in [0.2, 0.25) is 0 Å². The van der Waals surface area contributed by atoms with Crippen LogP contribution in [0, 0.1) is 5.41 Å². The zero-order chi connectivity index (χ0) is 13.2. The summed E-state index contributed by atoms with van der Waals surface area (Å²) in [5.74, 6) is 0.101. The van der Waals surface area contributed by atoms with Crippen molar-refractivity contribution in [1.29, 1.82) is 0 Å². The lowest BCUT2D eigenvalue weighted by atomic mass is 9.78. The molecule has 0 aliphatic carbocycles. The molecule has 0 saturated carbocycles. The van der Waals surface area contributed by atoms with Crippen molar-refractivity contribution in [2.45, 2.75) is 39.2 Å². The summed E-state index contributed by atoms with van der Waals surface area (Å²) in [5.41, 5.74) is 0.394. The molecule has 2 heterocycles. The third kappa shape index (κ3) is 2.83. The van der Waals surface area contributed by atoms with Crippen LogP contribution in [0.25, 0.3) is 0 Å². The molecule has 1 atom stereocenters. The van der Waals surface area contributed by atoms with Gasteiger partial charge in [-0.15, -0.1) is 0 Å². The molecular weight excluding hydrogens is 230 g/mol. The smallest absolute Gasteiger partial charge is 0.241 e. The topological polar surface area (TPSA) is 61.4 Å². The van der Waals surface area contributed by atoms with Gasteiger partial charge in [0.05, 0.1) is 6.54 Å². The summed E-state index contributed by atoms with van der Waals surface area (Å²) >= 11 is 0. The average Bonchev–Trinajstić information content (AvgIpc) is 2.40. The summed E-state index contributed by atoms with van der Waals surface area (Å²) in [6.07, 6.45) is 3.33. The molecule has 0 aromatic heterocycles. The highest BCUT2D eigenvalue weighted by Crippen LogP contribution is 2.33. The summed E-state index contributed by atoms with van der Waals surface area (Å²) in [6, 6.07) is -0.242. The van der Waals surface area contributed by atoms with E-state index in [9.17, 15) is 9.59 Å². The number of carbonyl (C=O) groups is 2. The van der Waals surface area contributed by atoms with Gasteiger partial charge < -0.3 is 10.2 Å². The molecule has 2 amide bonds. The standard InChI is InChI=1S/C13H23N3O2/c1-3-13(2)4-6-16(7-5-13)12(18)10-8-15-11(17)9-14-10/h10,14H,3-9H2,1-2H3,(H,15,17). The molecule has 0 aromatic rings. The molecule has 5 nitrogen and oxygen atoms in total. The molecule has 2 N–H and O–H groups in total. The molecule has 0 aromatic carbocycles. The van der Waals surface area contributed by atoms with Crippen molar-refractivity contribution in [3.8, 4) is 0 Å². The molecule has 0 bridgehead atoms. The Morgan fingerprint density at radius 3 is 2.61 bits per heavy atom. The van der Waals surface area contributed by atoms with Crippen LogP contribution in [0.15, 0.2) is 0 Å². The van der Waals surface area contributed by atoms with Crippen LogP contribution in [0.3, 0.4) is 0 Å². The van der Waals surface area contributed by atoms with E-state index in [1.807, 2.05) is 4.90 Å². The van der Waals surface area contributed by atoms with Crippen LogP contribution in [-0.2, 0) is 9.59 Å². The molecule has 1 unspecified atom stereocenters. The maximum atomic E-state index is 12.3. The van der Waals surface area contributed by atoms with E-state index in [4.69, 9.17) is 0 Å². The SMILES string of the molecule is CCC1(C)CCN(C(=O)C2CNC(=O)CN2)CC1. The van der Waals surface area contributed by atoms with Crippen LogP contribution in [0.5, 0.6) is 0 Å². The van der Waals surface area contributed by atoms with Crippen molar-refractivity contribution in [2.24, 2.45) is 5.41 Å². The zero-order valence-corrected chi connectivity index (χ0v) is 11.3. The minimum absolute atomic E-state index is 0.0312. The Balaban J connectivity index is 1.86. The van der Waals surface area contributed by atoms with Crippen LogP contribution in [0.1, 0.15) is 33.1 Å². The molecular formula is C13H23N3O2. The first-order valence-electron chi connectivity index (χ1n) is 6.83. The molecule has 2 aliphatic rings. The average molecular weight is 253 g/mol. The number of rotatable bonds is 2. The van der Waals surface area contributed by atoms with Crippen LogP contribution >= 0.6 is 0 Å². The van der Waals surface area contributed by atoms with Gasteiger partial charge in [-0.25, -0.2) is 0 Å². The van der Waals surface area contributed by atoms with Gasteiger partial charge in [-0.1, -0.05) is 20.3 Å². The fourth-order valence-electron chi connectivity index (χ4n) is 2.58. The lowest BCUT2D eigenvalue weighted by Crippen LogP contribution is -2.59. The van der Waals surface area contributed by atoms with Gasteiger partial charge in [0.1, 0.15) is 6.04 Å². The molecule has 2 fully saturated rings. The summed E-state index contributed by atoms with van der Waals surface area (Å²) in [4.78, 5) is 25.2. The van der Waals surface area contributed by atoms with E-state index >= 15 is 0 Å². The number of nitrogens with one attached hydrogen (secondary N) is 2. The summed E-state index contributed by atoms with van der Waals surface area (Å²) in [7, 11) is 0. The molecule has 18 heavy (non-hydrogen) atoms. The van der Waals surface area contributed by atoms with E-state index in [0.717, 1.165) is 25.9 Å². The predicted molar refractivity (Wildman–Crippen MR) is 69.0 cm³/mol. The monoisotopic (exact) mass is 253 g/mol. The zero-order valence-electron chi connectivity index (χ0n) is 11.3. The second-order valence-electron chi connectivity index (χ2n) is 5.73. The number of piperidine rings is 1. The number of likely N-dealkylation sites (tertiary alicyclic amines) is 1. The quantitative estimate of drug-likeness (QED) is 0.734. The van der Waals surface area contributed by atoms with E-state index in [1.165, 1.54) is 6.42 Å². The summed E-state index contributed by atoms with van der Waals surface area (Å²) < 4.78 is 0. The van der Waals surface area contributed by atoms with E-state index in [1.54, 1.807) is 0 Å². The Kier molecular flexibility index (Phi) is 3.90. The number of nitrogens with zero attached hydrogens (tertiary/aromatic N) is 1. The highest BCUT2D eigenvalue weighted by molar-refractivity contribution is 5.86. The highest BCUT2D eigenvalue weighted by atomic mass is 16.2. The maximum Gasteiger partial charge on any atom is 0.241 e. The number of piperazine rings is 1. The second kappa shape index (κ2) is 5.26. The van der Waals surface area contributed by atoms with Crippen molar-refractivity contribution in [2.75, 3.05) is 26.2 Å². The fraction of sp³-hybridized carbons (Fsp3) is 0.846. The molecule has 0 spiro atoms. The number of carbonyl (C=O) groups excluding carboxylic acids is 2. The molecule has 102 valence electrons. The summed E-state index contributed by atoms with van der Waals surface area (Å²) in [6.45, 7) is 6.87. The van der Waals surface area contributed by atoms with Crippen molar-refractivity contribution in [3.63, 3.8) is 0 Å². The van der Waals surface area contributed by atoms with Crippen LogP contribution < -0.4 is 10.6 Å². The Hall–Kier alpha value is -1.10. The second-order valence-corrected chi connectivity index (χ2v) is 5.73. The number of hydrogen-bond acceptors (Lipinski definition) is 3. The van der Waals surface area contributed by atoms with Crippen molar-refractivity contribution >= 4 is 11.8 Å². The minimum Gasteiger partial charge on any atom is -0.353 e. The molecule has 0 radical (unpaired) electrons.